The molecule has 0 aliphatic carbocycles. The van der Waals surface area contributed by atoms with Crippen molar-refractivity contribution in [1.29, 1.82) is 0 Å². The normalized spacial score (nSPS) is 10.8. The number of ether oxygens (including phenoxy) is 1. The van der Waals surface area contributed by atoms with Crippen molar-refractivity contribution in [1.82, 2.24) is 10.2 Å². The molecule has 0 fully saturated rings. The number of nitrogens with zero attached hydrogens (tertiary/aromatic N) is 1. The maximum absolute atomic E-state index is 12.1. The fourth-order valence-electron chi connectivity index (χ4n) is 1.70. The van der Waals surface area contributed by atoms with E-state index in [1.807, 2.05) is 13.8 Å². The van der Waals surface area contributed by atoms with Crippen molar-refractivity contribution < 1.29 is 22.7 Å². The Labute approximate surface area is 137 Å². The Balaban J connectivity index is 2.63. The number of alkyl halides is 3. The highest BCUT2D eigenvalue weighted by Crippen LogP contribution is 2.24. The number of hydrogen-bond donors (Lipinski definition) is 2. The summed E-state index contributed by atoms with van der Waals surface area (Å²) in [6.07, 6.45) is -4.73. The smallest absolute Gasteiger partial charge is 0.406 e. The predicted octanol–water partition coefficient (Wildman–Crippen LogP) is 2.74. The number of amides is 1. The molecule has 0 bridgehead atoms. The van der Waals surface area contributed by atoms with Gasteiger partial charge in [0.15, 0.2) is 5.11 Å². The summed E-state index contributed by atoms with van der Waals surface area (Å²) in [5.74, 6) is -0.476. The lowest BCUT2D eigenvalue weighted by Gasteiger charge is -2.23. The molecule has 128 valence electrons. The van der Waals surface area contributed by atoms with E-state index in [4.69, 9.17) is 12.2 Å². The average Bonchev–Trinajstić information content (AvgIpc) is 2.45. The van der Waals surface area contributed by atoms with E-state index in [0.29, 0.717) is 23.9 Å². The van der Waals surface area contributed by atoms with Gasteiger partial charge >= 0.3 is 6.36 Å². The zero-order chi connectivity index (χ0) is 17.5. The highest BCUT2D eigenvalue weighted by atomic mass is 32.1. The van der Waals surface area contributed by atoms with Gasteiger partial charge in [-0.2, -0.15) is 0 Å². The van der Waals surface area contributed by atoms with Gasteiger partial charge in [0, 0.05) is 18.8 Å². The van der Waals surface area contributed by atoms with Crippen LogP contribution in [0.5, 0.6) is 5.75 Å². The molecule has 0 aliphatic heterocycles. The van der Waals surface area contributed by atoms with Crippen LogP contribution in [0.4, 0.5) is 18.9 Å². The molecule has 5 nitrogen and oxygen atoms in total. The zero-order valence-corrected chi connectivity index (χ0v) is 13.6. The van der Waals surface area contributed by atoms with Gasteiger partial charge < -0.3 is 20.3 Å². The average molecular weight is 349 g/mol. The number of rotatable bonds is 6. The van der Waals surface area contributed by atoms with E-state index in [2.05, 4.69) is 15.4 Å². The Morgan fingerprint density at radius 3 is 2.35 bits per heavy atom. The van der Waals surface area contributed by atoms with Gasteiger partial charge in [0.1, 0.15) is 5.75 Å². The van der Waals surface area contributed by atoms with Crippen LogP contribution in [0, 0.1) is 0 Å². The Hall–Kier alpha value is -2.03. The SMILES string of the molecule is CCNC(=O)CN(CC)C(=S)Nc1ccc(OC(F)(F)F)cc1. The minimum absolute atomic E-state index is 0.103. The number of carbonyl (C=O) groups excluding carboxylic acids is 1. The second-order valence-electron chi connectivity index (χ2n) is 4.47. The van der Waals surface area contributed by atoms with Crippen LogP contribution in [0.2, 0.25) is 0 Å². The Morgan fingerprint density at radius 1 is 1.26 bits per heavy atom. The molecule has 0 saturated carbocycles. The number of benzene rings is 1. The molecule has 2 N–H and O–H groups in total. The van der Waals surface area contributed by atoms with Crippen LogP contribution >= 0.6 is 12.2 Å². The quantitative estimate of drug-likeness (QED) is 0.774. The van der Waals surface area contributed by atoms with Gasteiger partial charge in [-0.1, -0.05) is 0 Å². The van der Waals surface area contributed by atoms with E-state index in [9.17, 15) is 18.0 Å². The number of thiocarbonyl (C=S) groups is 1. The first-order valence-electron chi connectivity index (χ1n) is 6.93. The highest BCUT2D eigenvalue weighted by Gasteiger charge is 2.30. The number of carbonyl (C=O) groups is 1. The number of hydrogen-bond acceptors (Lipinski definition) is 3. The van der Waals surface area contributed by atoms with E-state index < -0.39 is 6.36 Å². The molecule has 0 heterocycles. The molecular formula is C14H18F3N3O2S. The molecule has 1 rings (SSSR count). The Kier molecular flexibility index (Phi) is 7.08. The summed E-state index contributed by atoms with van der Waals surface area (Å²) in [6, 6.07) is 5.18. The second kappa shape index (κ2) is 8.56. The summed E-state index contributed by atoms with van der Waals surface area (Å²) >= 11 is 5.20. The van der Waals surface area contributed by atoms with Crippen LogP contribution in [-0.2, 0) is 4.79 Å². The largest absolute Gasteiger partial charge is 0.573 e. The van der Waals surface area contributed by atoms with E-state index in [1.165, 1.54) is 24.3 Å². The van der Waals surface area contributed by atoms with Crippen molar-refractivity contribution in [3.8, 4) is 5.75 Å². The molecule has 0 saturated heterocycles. The summed E-state index contributed by atoms with van der Waals surface area (Å²) in [4.78, 5) is 13.2. The minimum Gasteiger partial charge on any atom is -0.406 e. The molecule has 1 amide bonds. The van der Waals surface area contributed by atoms with Gasteiger partial charge in [0.05, 0.1) is 6.54 Å². The zero-order valence-electron chi connectivity index (χ0n) is 12.7. The molecule has 0 aliphatic rings. The van der Waals surface area contributed by atoms with E-state index in [-0.39, 0.29) is 18.2 Å². The molecule has 0 unspecified atom stereocenters. The Morgan fingerprint density at radius 2 is 1.87 bits per heavy atom. The lowest BCUT2D eigenvalue weighted by Crippen LogP contribution is -2.42. The fraction of sp³-hybridized carbons (Fsp3) is 0.429. The highest BCUT2D eigenvalue weighted by molar-refractivity contribution is 7.80. The van der Waals surface area contributed by atoms with Crippen LogP contribution in [0.15, 0.2) is 24.3 Å². The number of nitrogens with one attached hydrogen (secondary N) is 2. The first-order chi connectivity index (χ1) is 10.7. The second-order valence-corrected chi connectivity index (χ2v) is 4.86. The number of halogens is 3. The van der Waals surface area contributed by atoms with Crippen LogP contribution in [0.1, 0.15) is 13.8 Å². The van der Waals surface area contributed by atoms with Crippen molar-refractivity contribution in [2.24, 2.45) is 0 Å². The van der Waals surface area contributed by atoms with Crippen LogP contribution in [0.25, 0.3) is 0 Å². The molecule has 1 aromatic carbocycles. The number of anilines is 1. The van der Waals surface area contributed by atoms with Crippen molar-refractivity contribution in [3.05, 3.63) is 24.3 Å². The van der Waals surface area contributed by atoms with Gasteiger partial charge in [-0.25, -0.2) is 0 Å². The van der Waals surface area contributed by atoms with E-state index in [0.717, 1.165) is 0 Å². The summed E-state index contributed by atoms with van der Waals surface area (Å²) in [6.45, 7) is 4.80. The van der Waals surface area contributed by atoms with E-state index >= 15 is 0 Å². The van der Waals surface area contributed by atoms with Crippen molar-refractivity contribution in [3.63, 3.8) is 0 Å². The molecule has 0 atom stereocenters. The topological polar surface area (TPSA) is 53.6 Å². The lowest BCUT2D eigenvalue weighted by atomic mass is 10.3. The van der Waals surface area contributed by atoms with Crippen LogP contribution < -0.4 is 15.4 Å². The summed E-state index contributed by atoms with van der Waals surface area (Å²) < 4.78 is 40.0. The van der Waals surface area contributed by atoms with Gasteiger partial charge in [0.25, 0.3) is 0 Å². The fourth-order valence-corrected chi connectivity index (χ4v) is 2.01. The molecular weight excluding hydrogens is 331 g/mol. The van der Waals surface area contributed by atoms with Crippen molar-refractivity contribution in [2.45, 2.75) is 20.2 Å². The van der Waals surface area contributed by atoms with E-state index in [1.54, 1.807) is 4.90 Å². The van der Waals surface area contributed by atoms with Gasteiger partial charge in [-0.15, -0.1) is 13.2 Å². The summed E-state index contributed by atoms with van der Waals surface area (Å²) in [7, 11) is 0. The molecule has 0 radical (unpaired) electrons. The number of likely N-dealkylation sites (N-methyl/N-ethyl adjacent to an activating group) is 2. The molecule has 1 aromatic rings. The first kappa shape index (κ1) is 19.0. The molecule has 0 spiro atoms. The lowest BCUT2D eigenvalue weighted by molar-refractivity contribution is -0.274. The minimum atomic E-state index is -4.73. The van der Waals surface area contributed by atoms with Crippen LogP contribution in [-0.4, -0.2) is 41.9 Å². The third-order valence-corrected chi connectivity index (χ3v) is 3.08. The van der Waals surface area contributed by atoms with Crippen LogP contribution in [0.3, 0.4) is 0 Å². The van der Waals surface area contributed by atoms with Gasteiger partial charge in [0.2, 0.25) is 5.91 Å². The maximum atomic E-state index is 12.1. The first-order valence-corrected chi connectivity index (χ1v) is 7.34. The standard InChI is InChI=1S/C14H18F3N3O2S/c1-3-18-12(21)9-20(4-2)13(23)19-10-5-7-11(8-6-10)22-14(15,16)17/h5-8H,3-4,9H2,1-2H3,(H,18,21)(H,19,23). The Bertz CT molecular complexity index is 535. The molecule has 23 heavy (non-hydrogen) atoms. The molecule has 0 aromatic heterocycles. The summed E-state index contributed by atoms with van der Waals surface area (Å²) in [5.41, 5.74) is 0.499. The molecule has 9 heteroatoms. The van der Waals surface area contributed by atoms with Crippen molar-refractivity contribution in [2.75, 3.05) is 25.0 Å². The van der Waals surface area contributed by atoms with Gasteiger partial charge in [-0.05, 0) is 50.3 Å². The maximum Gasteiger partial charge on any atom is 0.573 e. The van der Waals surface area contributed by atoms with Crippen molar-refractivity contribution >= 4 is 28.9 Å². The van der Waals surface area contributed by atoms with Gasteiger partial charge in [-0.3, -0.25) is 4.79 Å². The summed E-state index contributed by atoms with van der Waals surface area (Å²) in [5, 5.41) is 5.85. The predicted molar refractivity (Wildman–Crippen MR) is 85.3 cm³/mol. The third kappa shape index (κ3) is 7.18. The third-order valence-electron chi connectivity index (χ3n) is 2.72. The monoisotopic (exact) mass is 349 g/mol.